The highest BCUT2D eigenvalue weighted by molar-refractivity contribution is 5.79. The van der Waals surface area contributed by atoms with Crippen LogP contribution in [0, 0.1) is 0 Å². The van der Waals surface area contributed by atoms with Crippen molar-refractivity contribution in [3.8, 4) is 17.1 Å². The summed E-state index contributed by atoms with van der Waals surface area (Å²) >= 11 is 0. The van der Waals surface area contributed by atoms with Crippen molar-refractivity contribution in [3.05, 3.63) is 57.3 Å². The smallest absolute Gasteiger partial charge is 0.332 e. The van der Waals surface area contributed by atoms with Crippen LogP contribution in [0.5, 0.6) is 5.75 Å². The third kappa shape index (κ3) is 3.66. The zero-order valence-electron chi connectivity index (χ0n) is 17.9. The summed E-state index contributed by atoms with van der Waals surface area (Å²) in [7, 11) is 4.47. The van der Waals surface area contributed by atoms with Gasteiger partial charge in [0, 0.05) is 19.7 Å². The molecular weight excluding hydrogens is 418 g/mol. The summed E-state index contributed by atoms with van der Waals surface area (Å²) in [4.78, 5) is 45.6. The maximum absolute atomic E-state index is 12.6. The molecule has 0 aliphatic rings. The van der Waals surface area contributed by atoms with E-state index in [-0.39, 0.29) is 23.6 Å². The number of hydrogen-bond acceptors (Lipinski definition) is 8. The van der Waals surface area contributed by atoms with Gasteiger partial charge in [-0.25, -0.2) is 9.78 Å². The fraction of sp³-hybridized carbons (Fsp3) is 0.300. The molecule has 1 amide bonds. The number of carbonyl (C=O) groups excluding carboxylic acids is 1. The van der Waals surface area contributed by atoms with E-state index in [1.54, 1.807) is 38.3 Å². The van der Waals surface area contributed by atoms with Gasteiger partial charge in [-0.3, -0.25) is 18.7 Å². The molecule has 1 atom stereocenters. The number of methoxy groups -OCH3 is 1. The molecule has 4 rings (SSSR count). The predicted octanol–water partition coefficient (Wildman–Crippen LogP) is 0.370. The number of aromatic nitrogens is 6. The lowest BCUT2D eigenvalue weighted by molar-refractivity contribution is -0.122. The lowest BCUT2D eigenvalue weighted by Gasteiger charge is -2.11. The molecule has 12 nitrogen and oxygen atoms in total. The highest BCUT2D eigenvalue weighted by Gasteiger charge is 2.20. The first-order valence-electron chi connectivity index (χ1n) is 9.68. The standard InChI is InChI=1S/C20H21N7O5/c1-11(18-23-16(24-32-18)12-5-7-13(31-4)8-6-12)22-14(28)9-27-10-21-17-15(27)19(29)26(3)20(30)25(17)2/h5-8,10-11H,9H2,1-4H3,(H,22,28)/t11-/m0/s1. The Morgan fingerprint density at radius 1 is 1.19 bits per heavy atom. The molecule has 0 spiro atoms. The molecule has 1 N–H and O–H groups in total. The first-order chi connectivity index (χ1) is 15.3. The van der Waals surface area contributed by atoms with Crippen LogP contribution in [0.15, 0.2) is 44.7 Å². The van der Waals surface area contributed by atoms with Gasteiger partial charge in [-0.15, -0.1) is 0 Å². The number of aryl methyl sites for hydroxylation is 1. The second-order valence-corrected chi connectivity index (χ2v) is 7.22. The van der Waals surface area contributed by atoms with E-state index in [4.69, 9.17) is 9.26 Å². The first-order valence-corrected chi connectivity index (χ1v) is 9.68. The molecule has 0 saturated carbocycles. The Balaban J connectivity index is 1.50. The maximum atomic E-state index is 12.6. The fourth-order valence-corrected chi connectivity index (χ4v) is 3.29. The van der Waals surface area contributed by atoms with Crippen LogP contribution in [0.3, 0.4) is 0 Å². The number of hydrogen-bond donors (Lipinski definition) is 1. The number of nitrogens with one attached hydrogen (secondary N) is 1. The van der Waals surface area contributed by atoms with Crippen LogP contribution in [-0.2, 0) is 25.4 Å². The van der Waals surface area contributed by atoms with Crippen LogP contribution < -0.4 is 21.3 Å². The summed E-state index contributed by atoms with van der Waals surface area (Å²) in [5.74, 6) is 0.934. The molecule has 32 heavy (non-hydrogen) atoms. The van der Waals surface area contributed by atoms with Gasteiger partial charge < -0.3 is 19.1 Å². The summed E-state index contributed by atoms with van der Waals surface area (Å²) in [6, 6.07) is 6.60. The number of rotatable bonds is 6. The fourth-order valence-electron chi connectivity index (χ4n) is 3.29. The summed E-state index contributed by atoms with van der Waals surface area (Å²) in [6.45, 7) is 1.53. The lowest BCUT2D eigenvalue weighted by atomic mass is 10.2. The number of ether oxygens (including phenoxy) is 1. The van der Waals surface area contributed by atoms with Gasteiger partial charge in [0.25, 0.3) is 5.56 Å². The average molecular weight is 439 g/mol. The minimum atomic E-state index is -0.566. The van der Waals surface area contributed by atoms with Gasteiger partial charge >= 0.3 is 5.69 Å². The van der Waals surface area contributed by atoms with Crippen LogP contribution in [0.4, 0.5) is 0 Å². The molecule has 1 aromatic carbocycles. The molecule has 12 heteroatoms. The van der Waals surface area contributed by atoms with Crippen molar-refractivity contribution in [2.45, 2.75) is 19.5 Å². The van der Waals surface area contributed by atoms with Crippen LogP contribution in [0.25, 0.3) is 22.6 Å². The molecule has 166 valence electrons. The highest BCUT2D eigenvalue weighted by Crippen LogP contribution is 2.21. The highest BCUT2D eigenvalue weighted by atomic mass is 16.5. The van der Waals surface area contributed by atoms with Gasteiger partial charge in [-0.2, -0.15) is 4.98 Å². The van der Waals surface area contributed by atoms with Gasteiger partial charge in [-0.05, 0) is 31.2 Å². The normalized spacial score (nSPS) is 12.1. The number of benzene rings is 1. The number of fused-ring (bicyclic) bond motifs is 1. The molecule has 3 heterocycles. The maximum Gasteiger partial charge on any atom is 0.332 e. The van der Waals surface area contributed by atoms with E-state index in [9.17, 15) is 14.4 Å². The zero-order chi connectivity index (χ0) is 23.0. The van der Waals surface area contributed by atoms with Crippen molar-refractivity contribution in [2.75, 3.05) is 7.11 Å². The Labute approximate surface area is 181 Å². The zero-order valence-corrected chi connectivity index (χ0v) is 17.9. The first kappa shape index (κ1) is 21.0. The second-order valence-electron chi connectivity index (χ2n) is 7.22. The topological polar surface area (TPSA) is 139 Å². The third-order valence-electron chi connectivity index (χ3n) is 5.07. The lowest BCUT2D eigenvalue weighted by Crippen LogP contribution is -2.38. The Morgan fingerprint density at radius 2 is 1.91 bits per heavy atom. The Kier molecular flexibility index (Phi) is 5.34. The van der Waals surface area contributed by atoms with Crippen LogP contribution in [0.1, 0.15) is 18.9 Å². The number of carbonyl (C=O) groups is 1. The number of imidazole rings is 1. The van der Waals surface area contributed by atoms with Gasteiger partial charge in [-0.1, -0.05) is 5.16 Å². The molecule has 0 bridgehead atoms. The van der Waals surface area contributed by atoms with Crippen LogP contribution in [-0.4, -0.2) is 41.8 Å². The van der Waals surface area contributed by atoms with Crippen molar-refractivity contribution < 1.29 is 14.1 Å². The monoisotopic (exact) mass is 439 g/mol. The largest absolute Gasteiger partial charge is 0.497 e. The van der Waals surface area contributed by atoms with Crippen molar-refractivity contribution in [1.82, 2.24) is 34.1 Å². The van der Waals surface area contributed by atoms with Crippen molar-refractivity contribution >= 4 is 17.1 Å². The predicted molar refractivity (Wildman–Crippen MR) is 113 cm³/mol. The van der Waals surface area contributed by atoms with Crippen molar-refractivity contribution in [2.24, 2.45) is 14.1 Å². The molecule has 4 aromatic rings. The van der Waals surface area contributed by atoms with Crippen molar-refractivity contribution in [3.63, 3.8) is 0 Å². The third-order valence-corrected chi connectivity index (χ3v) is 5.07. The van der Waals surface area contributed by atoms with E-state index >= 15 is 0 Å². The SMILES string of the molecule is COc1ccc(-c2noc([C@H](C)NC(=O)Cn3cnc4c3c(=O)n(C)c(=O)n4C)n2)cc1. The second kappa shape index (κ2) is 8.13. The molecule has 0 radical (unpaired) electrons. The van der Waals surface area contributed by atoms with E-state index in [2.05, 4.69) is 20.4 Å². The molecular formula is C20H21N7O5. The summed E-state index contributed by atoms with van der Waals surface area (Å²) < 4.78 is 14.1. The van der Waals surface area contributed by atoms with Gasteiger partial charge in [0.05, 0.1) is 13.4 Å². The Bertz CT molecular complexity index is 1410. The molecule has 3 aromatic heterocycles. The minimum Gasteiger partial charge on any atom is -0.497 e. The van der Waals surface area contributed by atoms with Gasteiger partial charge in [0.2, 0.25) is 17.6 Å². The Morgan fingerprint density at radius 3 is 2.59 bits per heavy atom. The van der Waals surface area contributed by atoms with Crippen LogP contribution in [0.2, 0.25) is 0 Å². The quantitative estimate of drug-likeness (QED) is 0.455. The molecule has 0 aliphatic carbocycles. The van der Waals surface area contributed by atoms with Gasteiger partial charge in [0.15, 0.2) is 11.2 Å². The van der Waals surface area contributed by atoms with Gasteiger partial charge in [0.1, 0.15) is 18.3 Å². The molecule has 0 unspecified atom stereocenters. The Hall–Kier alpha value is -4.22. The average Bonchev–Trinajstić information content (AvgIpc) is 3.44. The van der Waals surface area contributed by atoms with E-state index in [1.165, 1.54) is 29.6 Å². The van der Waals surface area contributed by atoms with E-state index < -0.39 is 23.2 Å². The van der Waals surface area contributed by atoms with E-state index in [0.717, 1.165) is 10.1 Å². The van der Waals surface area contributed by atoms with E-state index in [0.29, 0.717) is 11.6 Å². The number of amides is 1. The molecule has 0 saturated heterocycles. The van der Waals surface area contributed by atoms with Crippen LogP contribution >= 0.6 is 0 Å². The summed E-state index contributed by atoms with van der Waals surface area (Å²) in [5.41, 5.74) is 0.0972. The van der Waals surface area contributed by atoms with E-state index in [1.807, 2.05) is 0 Å². The summed E-state index contributed by atoms with van der Waals surface area (Å²) in [5, 5.41) is 6.72. The van der Waals surface area contributed by atoms with Crippen molar-refractivity contribution in [1.29, 1.82) is 0 Å². The number of nitrogens with zero attached hydrogens (tertiary/aromatic N) is 6. The summed E-state index contributed by atoms with van der Waals surface area (Å²) in [6.07, 6.45) is 1.35. The molecule has 0 aliphatic heterocycles. The molecule has 0 fully saturated rings. The minimum absolute atomic E-state index is 0.164.